The summed E-state index contributed by atoms with van der Waals surface area (Å²) in [5, 5.41) is 0. The number of carbonyl (C=O) groups is 4. The number of methoxy groups -OCH3 is 1. The lowest BCUT2D eigenvalue weighted by Crippen LogP contribution is -2.59. The summed E-state index contributed by atoms with van der Waals surface area (Å²) >= 11 is 0. The first-order chi connectivity index (χ1) is 20.7. The molecule has 0 aliphatic rings. The fourth-order valence-electron chi connectivity index (χ4n) is 5.35. The predicted octanol–water partition coefficient (Wildman–Crippen LogP) is 7.99. The van der Waals surface area contributed by atoms with E-state index in [2.05, 4.69) is 6.92 Å². The van der Waals surface area contributed by atoms with Crippen LogP contribution >= 0.6 is 0 Å². The minimum Gasteiger partial charge on any atom is -0.361 e. The highest BCUT2D eigenvalue weighted by molar-refractivity contribution is 6.31. The Morgan fingerprint density at radius 1 is 0.628 bits per heavy atom. The van der Waals surface area contributed by atoms with Crippen molar-refractivity contribution in [2.75, 3.05) is 7.11 Å². The molecule has 0 aromatic heterocycles. The van der Waals surface area contributed by atoms with Crippen molar-refractivity contribution in [1.29, 1.82) is 0 Å². The predicted molar refractivity (Wildman–Crippen MR) is 169 cm³/mol. The maximum absolute atomic E-state index is 14.6. The van der Waals surface area contributed by atoms with Gasteiger partial charge in [0.05, 0.1) is 0 Å². The van der Waals surface area contributed by atoms with Crippen LogP contribution in [0.15, 0.2) is 109 Å². The Morgan fingerprint density at radius 3 is 1.53 bits per heavy atom. The molecule has 0 N–H and O–H groups in total. The van der Waals surface area contributed by atoms with Gasteiger partial charge >= 0.3 is 0 Å². The molecule has 4 aromatic carbocycles. The van der Waals surface area contributed by atoms with Crippen molar-refractivity contribution >= 4 is 23.1 Å². The lowest BCUT2D eigenvalue weighted by molar-refractivity contribution is -0.0119. The number of aryl methyl sites for hydroxylation is 1. The van der Waals surface area contributed by atoms with Gasteiger partial charge in [-0.3, -0.25) is 19.2 Å². The van der Waals surface area contributed by atoms with Gasteiger partial charge in [0.1, 0.15) is 5.92 Å². The Hall–Kier alpha value is -4.48. The lowest BCUT2D eigenvalue weighted by atomic mass is 9.69. The highest BCUT2D eigenvalue weighted by Crippen LogP contribution is 2.36. The van der Waals surface area contributed by atoms with Gasteiger partial charge in [-0.1, -0.05) is 136 Å². The zero-order valence-corrected chi connectivity index (χ0v) is 25.2. The highest BCUT2D eigenvalue weighted by Gasteiger charge is 2.59. The molecule has 0 saturated carbocycles. The molecule has 0 amide bonds. The molecule has 0 radical (unpaired) electrons. The summed E-state index contributed by atoms with van der Waals surface area (Å²) < 4.78 is 5.93. The van der Waals surface area contributed by atoms with E-state index in [9.17, 15) is 19.2 Å². The highest BCUT2D eigenvalue weighted by atomic mass is 16.5. The minimum absolute atomic E-state index is 0.158. The van der Waals surface area contributed by atoms with Gasteiger partial charge in [-0.25, -0.2) is 0 Å². The van der Waals surface area contributed by atoms with E-state index in [1.54, 1.807) is 84.9 Å². The molecule has 43 heavy (non-hydrogen) atoms. The van der Waals surface area contributed by atoms with Crippen molar-refractivity contribution in [3.63, 3.8) is 0 Å². The van der Waals surface area contributed by atoms with Crippen LogP contribution in [0.2, 0.25) is 0 Å². The summed E-state index contributed by atoms with van der Waals surface area (Å²) in [5.74, 6) is -4.39. The van der Waals surface area contributed by atoms with Gasteiger partial charge in [-0.15, -0.1) is 0 Å². The maximum atomic E-state index is 14.6. The average Bonchev–Trinajstić information content (AvgIpc) is 3.06. The third kappa shape index (κ3) is 6.63. The number of unbranched alkanes of at least 4 members (excludes halogenated alkanes) is 1. The number of ketones is 4. The molecule has 4 rings (SSSR count). The second kappa shape index (κ2) is 14.1. The van der Waals surface area contributed by atoms with Gasteiger partial charge in [0.25, 0.3) is 0 Å². The smallest absolute Gasteiger partial charge is 0.210 e. The van der Waals surface area contributed by atoms with E-state index >= 15 is 0 Å². The number of benzene rings is 4. The van der Waals surface area contributed by atoms with Crippen molar-refractivity contribution in [3.05, 3.63) is 143 Å². The molecular formula is C38H38O5. The normalized spacial score (nSPS) is 13.2. The number of hydrogen-bond donors (Lipinski definition) is 0. The molecule has 0 spiro atoms. The number of carbonyl (C=O) groups excluding carboxylic acids is 4. The van der Waals surface area contributed by atoms with Crippen LogP contribution in [0.1, 0.15) is 92.1 Å². The quantitative estimate of drug-likeness (QED) is 0.113. The van der Waals surface area contributed by atoms with Crippen LogP contribution in [0.3, 0.4) is 0 Å². The van der Waals surface area contributed by atoms with Crippen molar-refractivity contribution < 1.29 is 23.9 Å². The molecule has 0 saturated heterocycles. The molecule has 0 aliphatic heterocycles. The first-order valence-corrected chi connectivity index (χ1v) is 14.8. The minimum atomic E-state index is -2.47. The maximum Gasteiger partial charge on any atom is 0.210 e. The van der Waals surface area contributed by atoms with E-state index in [4.69, 9.17) is 4.74 Å². The summed E-state index contributed by atoms with van der Waals surface area (Å²) in [5.41, 5.74) is 0.348. The molecule has 2 unspecified atom stereocenters. The third-order valence-electron chi connectivity index (χ3n) is 7.92. The zero-order valence-electron chi connectivity index (χ0n) is 25.2. The molecular weight excluding hydrogens is 536 g/mol. The molecule has 220 valence electrons. The standard InChI is InChI=1S/C38H38O5/c1-5-6-13-27-18-20-32(21-19-27)37(42)38(43-4,36(41)31-16-11-8-12-17-31)33(34(39)29-14-9-7-10-15-29)35(40)30-24-22-28(23-25-30)26(2)3/h7-12,14-26,33H,5-6,13H2,1-4H3. The third-order valence-corrected chi connectivity index (χ3v) is 7.92. The van der Waals surface area contributed by atoms with E-state index in [0.29, 0.717) is 0 Å². The lowest BCUT2D eigenvalue weighted by Gasteiger charge is -2.35. The van der Waals surface area contributed by atoms with Gasteiger partial charge in [-0.05, 0) is 29.9 Å². The number of Topliss-reactive ketones (excluding diaryl/α,β-unsaturated/α-hetero) is 4. The fourth-order valence-corrected chi connectivity index (χ4v) is 5.35. The number of rotatable bonds is 14. The van der Waals surface area contributed by atoms with Crippen LogP contribution in [0.4, 0.5) is 0 Å². The second-order valence-corrected chi connectivity index (χ2v) is 11.1. The van der Waals surface area contributed by atoms with Gasteiger partial charge in [0.2, 0.25) is 17.2 Å². The van der Waals surface area contributed by atoms with Crippen LogP contribution in [0.5, 0.6) is 0 Å². The largest absolute Gasteiger partial charge is 0.361 e. The van der Waals surface area contributed by atoms with Gasteiger partial charge < -0.3 is 4.74 Å². The van der Waals surface area contributed by atoms with E-state index in [0.717, 1.165) is 30.4 Å². The first-order valence-electron chi connectivity index (χ1n) is 14.8. The van der Waals surface area contributed by atoms with Crippen molar-refractivity contribution in [2.24, 2.45) is 5.92 Å². The van der Waals surface area contributed by atoms with Crippen molar-refractivity contribution in [1.82, 2.24) is 0 Å². The van der Waals surface area contributed by atoms with Crippen molar-refractivity contribution in [3.8, 4) is 0 Å². The van der Waals surface area contributed by atoms with E-state index in [1.165, 1.54) is 7.11 Å². The van der Waals surface area contributed by atoms with Gasteiger partial charge in [0, 0.05) is 29.4 Å². The summed E-state index contributed by atoms with van der Waals surface area (Å²) in [6.07, 6.45) is 2.88. The Balaban J connectivity index is 1.95. The van der Waals surface area contributed by atoms with Crippen LogP contribution in [0.25, 0.3) is 0 Å². The molecule has 0 fully saturated rings. The summed E-state index contributed by atoms with van der Waals surface area (Å²) in [6, 6.07) is 30.4. The van der Waals surface area contributed by atoms with Crippen LogP contribution in [0, 0.1) is 5.92 Å². The second-order valence-electron chi connectivity index (χ2n) is 11.1. The van der Waals surface area contributed by atoms with Crippen LogP contribution in [-0.4, -0.2) is 35.8 Å². The fraction of sp³-hybridized carbons (Fsp3) is 0.263. The van der Waals surface area contributed by atoms with Gasteiger partial charge in [0.15, 0.2) is 11.6 Å². The molecule has 2 atom stereocenters. The summed E-state index contributed by atoms with van der Waals surface area (Å²) in [7, 11) is 1.22. The monoisotopic (exact) mass is 574 g/mol. The summed E-state index contributed by atoms with van der Waals surface area (Å²) in [4.78, 5) is 58.0. The van der Waals surface area contributed by atoms with Gasteiger partial charge in [-0.2, -0.15) is 0 Å². The van der Waals surface area contributed by atoms with Crippen LogP contribution in [-0.2, 0) is 11.2 Å². The van der Waals surface area contributed by atoms with Crippen molar-refractivity contribution in [2.45, 2.75) is 51.6 Å². The average molecular weight is 575 g/mol. The molecule has 0 aliphatic carbocycles. The van der Waals surface area contributed by atoms with E-state index < -0.39 is 34.7 Å². The topological polar surface area (TPSA) is 77.5 Å². The first kappa shape index (κ1) is 31.5. The zero-order chi connectivity index (χ0) is 31.0. The SMILES string of the molecule is CCCCc1ccc(C(=O)C(OC)(C(=O)c2ccccc2)C(C(=O)c2ccccc2)C(=O)c2ccc(C(C)C)cc2)cc1. The summed E-state index contributed by atoms with van der Waals surface area (Å²) in [6.45, 7) is 6.19. The molecule has 5 nitrogen and oxygen atoms in total. The Labute approximate surface area is 253 Å². The Kier molecular flexibility index (Phi) is 10.3. The number of hydrogen-bond acceptors (Lipinski definition) is 5. The Morgan fingerprint density at radius 2 is 1.07 bits per heavy atom. The van der Waals surface area contributed by atoms with E-state index in [1.807, 2.05) is 38.1 Å². The Bertz CT molecular complexity index is 1550. The molecule has 0 bridgehead atoms. The molecule has 0 heterocycles. The van der Waals surface area contributed by atoms with Crippen LogP contribution < -0.4 is 0 Å². The number of ether oxygens (including phenoxy) is 1. The molecule has 5 heteroatoms. The van der Waals surface area contributed by atoms with E-state index in [-0.39, 0.29) is 28.2 Å². The molecule has 4 aromatic rings.